The Morgan fingerprint density at radius 3 is 2.84 bits per heavy atom. The van der Waals surface area contributed by atoms with Crippen LogP contribution in [0, 0.1) is 5.82 Å². The summed E-state index contributed by atoms with van der Waals surface area (Å²) in [5.41, 5.74) is 6.12. The van der Waals surface area contributed by atoms with Gasteiger partial charge in [0.1, 0.15) is 6.23 Å². The Labute approximate surface area is 111 Å². The minimum absolute atomic E-state index is 0.114. The van der Waals surface area contributed by atoms with Crippen molar-refractivity contribution in [3.63, 3.8) is 0 Å². The molecule has 0 spiro atoms. The van der Waals surface area contributed by atoms with Gasteiger partial charge in [0.2, 0.25) is 0 Å². The average molecular weight is 268 g/mol. The number of nitrogens with zero attached hydrogens (tertiary/aromatic N) is 1. The third-order valence-corrected chi connectivity index (χ3v) is 3.10. The molecule has 0 radical (unpaired) electrons. The maximum Gasteiger partial charge on any atom is 0.341 e. The molecule has 1 atom stereocenters. The Hall–Kier alpha value is -1.82. The molecule has 0 unspecified atom stereocenters. The van der Waals surface area contributed by atoms with Crippen molar-refractivity contribution in [2.24, 2.45) is 0 Å². The standard InChI is InChI=1S/C13H17FN2O3/c1-3-18-13(17)8-4-5-9(15)12(11(8)14)16(2)10-6-7-19-10/h4-5,10H,3,6-7,15H2,1-2H3/t10-/m0/s1. The SMILES string of the molecule is CCOC(=O)c1ccc(N)c(N(C)[C@@H]2CCO2)c1F. The molecule has 0 amide bonds. The molecule has 1 aromatic rings. The van der Waals surface area contributed by atoms with Crippen LogP contribution in [0.3, 0.4) is 0 Å². The van der Waals surface area contributed by atoms with Gasteiger partial charge in [-0.3, -0.25) is 0 Å². The lowest BCUT2D eigenvalue weighted by atomic mass is 10.1. The van der Waals surface area contributed by atoms with Crippen molar-refractivity contribution in [1.82, 2.24) is 0 Å². The average Bonchev–Trinajstić information content (AvgIpc) is 2.26. The van der Waals surface area contributed by atoms with E-state index in [1.54, 1.807) is 18.9 Å². The molecular weight excluding hydrogens is 251 g/mol. The molecule has 0 bridgehead atoms. The molecule has 1 aliphatic rings. The van der Waals surface area contributed by atoms with Crippen molar-refractivity contribution in [3.05, 3.63) is 23.5 Å². The van der Waals surface area contributed by atoms with Crippen LogP contribution < -0.4 is 10.6 Å². The predicted molar refractivity (Wildman–Crippen MR) is 69.5 cm³/mol. The van der Waals surface area contributed by atoms with Crippen molar-refractivity contribution in [3.8, 4) is 0 Å². The number of carbonyl (C=O) groups excluding carboxylic acids is 1. The van der Waals surface area contributed by atoms with Crippen molar-refractivity contribution in [2.75, 3.05) is 30.9 Å². The van der Waals surface area contributed by atoms with E-state index < -0.39 is 11.8 Å². The third-order valence-electron chi connectivity index (χ3n) is 3.10. The predicted octanol–water partition coefficient (Wildman–Crippen LogP) is 1.77. The summed E-state index contributed by atoms with van der Waals surface area (Å²) < 4.78 is 24.5. The summed E-state index contributed by atoms with van der Waals surface area (Å²) in [6.45, 7) is 2.51. The van der Waals surface area contributed by atoms with Crippen LogP contribution >= 0.6 is 0 Å². The summed E-state index contributed by atoms with van der Waals surface area (Å²) in [5.74, 6) is -1.36. The minimum Gasteiger partial charge on any atom is -0.462 e. The van der Waals surface area contributed by atoms with Gasteiger partial charge in [0.25, 0.3) is 0 Å². The fourth-order valence-electron chi connectivity index (χ4n) is 1.98. The number of anilines is 2. The summed E-state index contributed by atoms with van der Waals surface area (Å²) >= 11 is 0. The Kier molecular flexibility index (Phi) is 3.90. The molecule has 1 fully saturated rings. The number of nitrogens with two attached hydrogens (primary N) is 1. The van der Waals surface area contributed by atoms with Crippen LogP contribution in [0.15, 0.2) is 12.1 Å². The Morgan fingerprint density at radius 1 is 1.63 bits per heavy atom. The number of halogens is 1. The van der Waals surface area contributed by atoms with Crippen LogP contribution in [0.5, 0.6) is 0 Å². The number of rotatable bonds is 4. The molecule has 5 nitrogen and oxygen atoms in total. The van der Waals surface area contributed by atoms with E-state index in [1.165, 1.54) is 12.1 Å². The van der Waals surface area contributed by atoms with E-state index in [0.29, 0.717) is 6.61 Å². The van der Waals surface area contributed by atoms with Gasteiger partial charge in [-0.05, 0) is 19.1 Å². The van der Waals surface area contributed by atoms with Crippen LogP contribution in [0.2, 0.25) is 0 Å². The van der Waals surface area contributed by atoms with E-state index in [1.807, 2.05) is 0 Å². The van der Waals surface area contributed by atoms with Gasteiger partial charge in [0, 0.05) is 13.5 Å². The first-order valence-corrected chi connectivity index (χ1v) is 6.15. The van der Waals surface area contributed by atoms with Crippen LogP contribution in [-0.4, -0.2) is 32.5 Å². The lowest BCUT2D eigenvalue weighted by Crippen LogP contribution is -2.43. The lowest BCUT2D eigenvalue weighted by Gasteiger charge is -2.37. The molecule has 2 N–H and O–H groups in total. The van der Waals surface area contributed by atoms with Crippen molar-refractivity contribution in [2.45, 2.75) is 19.6 Å². The van der Waals surface area contributed by atoms with Gasteiger partial charge in [-0.25, -0.2) is 9.18 Å². The zero-order valence-corrected chi connectivity index (χ0v) is 11.0. The number of esters is 1. The molecule has 1 aliphatic heterocycles. The maximum absolute atomic E-state index is 14.4. The van der Waals surface area contributed by atoms with Gasteiger partial charge in [-0.1, -0.05) is 0 Å². The van der Waals surface area contributed by atoms with Gasteiger partial charge in [-0.2, -0.15) is 0 Å². The maximum atomic E-state index is 14.4. The van der Waals surface area contributed by atoms with E-state index in [4.69, 9.17) is 15.2 Å². The molecule has 19 heavy (non-hydrogen) atoms. The molecule has 1 aromatic carbocycles. The lowest BCUT2D eigenvalue weighted by molar-refractivity contribution is -0.0485. The summed E-state index contributed by atoms with van der Waals surface area (Å²) in [7, 11) is 1.69. The third kappa shape index (κ3) is 2.49. The minimum atomic E-state index is -0.691. The first-order valence-electron chi connectivity index (χ1n) is 6.15. The highest BCUT2D eigenvalue weighted by atomic mass is 19.1. The molecule has 1 saturated heterocycles. The first-order chi connectivity index (χ1) is 9.06. The van der Waals surface area contributed by atoms with Crippen molar-refractivity contribution >= 4 is 17.3 Å². The number of carbonyl (C=O) groups is 1. The normalized spacial score (nSPS) is 17.7. The second-order valence-corrected chi connectivity index (χ2v) is 4.31. The highest BCUT2D eigenvalue weighted by molar-refractivity contribution is 5.92. The summed E-state index contributed by atoms with van der Waals surface area (Å²) in [5, 5.41) is 0. The Morgan fingerprint density at radius 2 is 2.32 bits per heavy atom. The molecule has 0 saturated carbocycles. The molecular formula is C13H17FN2O3. The van der Waals surface area contributed by atoms with Gasteiger partial charge in [0.15, 0.2) is 5.82 Å². The van der Waals surface area contributed by atoms with E-state index in [9.17, 15) is 9.18 Å². The number of hydrogen-bond donors (Lipinski definition) is 1. The van der Waals surface area contributed by atoms with E-state index in [-0.39, 0.29) is 29.8 Å². The highest BCUT2D eigenvalue weighted by Crippen LogP contribution is 2.32. The molecule has 104 valence electrons. The zero-order chi connectivity index (χ0) is 14.0. The van der Waals surface area contributed by atoms with Crippen LogP contribution in [0.1, 0.15) is 23.7 Å². The Bertz CT molecular complexity index is 489. The van der Waals surface area contributed by atoms with E-state index in [0.717, 1.165) is 6.42 Å². The summed E-state index contributed by atoms with van der Waals surface area (Å²) in [6, 6.07) is 2.83. The Balaban J connectivity index is 2.36. The van der Waals surface area contributed by atoms with E-state index >= 15 is 0 Å². The van der Waals surface area contributed by atoms with Gasteiger partial charge >= 0.3 is 5.97 Å². The fourth-order valence-corrected chi connectivity index (χ4v) is 1.98. The number of hydrogen-bond acceptors (Lipinski definition) is 5. The quantitative estimate of drug-likeness (QED) is 0.666. The largest absolute Gasteiger partial charge is 0.462 e. The van der Waals surface area contributed by atoms with Crippen molar-refractivity contribution in [1.29, 1.82) is 0 Å². The molecule has 6 heteroatoms. The van der Waals surface area contributed by atoms with Gasteiger partial charge < -0.3 is 20.1 Å². The molecule has 0 aliphatic carbocycles. The zero-order valence-electron chi connectivity index (χ0n) is 11.0. The second-order valence-electron chi connectivity index (χ2n) is 4.31. The smallest absolute Gasteiger partial charge is 0.341 e. The number of nitrogen functional groups attached to an aromatic ring is 1. The first kappa shape index (κ1) is 13.6. The molecule has 2 rings (SSSR count). The summed E-state index contributed by atoms with van der Waals surface area (Å²) in [6.07, 6.45) is 0.605. The van der Waals surface area contributed by atoms with Crippen LogP contribution in [0.25, 0.3) is 0 Å². The van der Waals surface area contributed by atoms with Gasteiger partial charge in [-0.15, -0.1) is 0 Å². The van der Waals surface area contributed by atoms with Crippen LogP contribution in [-0.2, 0) is 9.47 Å². The number of benzene rings is 1. The van der Waals surface area contributed by atoms with Crippen LogP contribution in [0.4, 0.5) is 15.8 Å². The second kappa shape index (κ2) is 5.44. The molecule has 1 heterocycles. The summed E-state index contributed by atoms with van der Waals surface area (Å²) in [4.78, 5) is 13.3. The topological polar surface area (TPSA) is 64.8 Å². The number of ether oxygens (including phenoxy) is 2. The monoisotopic (exact) mass is 268 g/mol. The molecule has 0 aromatic heterocycles. The van der Waals surface area contributed by atoms with Crippen molar-refractivity contribution < 1.29 is 18.7 Å². The fraction of sp³-hybridized carbons (Fsp3) is 0.462. The van der Waals surface area contributed by atoms with E-state index in [2.05, 4.69) is 0 Å². The highest BCUT2D eigenvalue weighted by Gasteiger charge is 2.28. The van der Waals surface area contributed by atoms with Gasteiger partial charge in [0.05, 0.1) is 30.2 Å².